The van der Waals surface area contributed by atoms with E-state index in [9.17, 15) is 13.2 Å². The van der Waals surface area contributed by atoms with Gasteiger partial charge in [-0.3, -0.25) is 4.79 Å². The highest BCUT2D eigenvalue weighted by molar-refractivity contribution is 7.90. The molecule has 0 fully saturated rings. The first kappa shape index (κ1) is 20.6. The highest BCUT2D eigenvalue weighted by atomic mass is 35.5. The third-order valence-electron chi connectivity index (χ3n) is 4.87. The van der Waals surface area contributed by atoms with E-state index in [1.807, 2.05) is 20.8 Å². The molecule has 1 aliphatic heterocycles. The van der Waals surface area contributed by atoms with E-state index in [1.54, 1.807) is 35.9 Å². The first-order chi connectivity index (χ1) is 14.0. The summed E-state index contributed by atoms with van der Waals surface area (Å²) in [5.74, 6) is -0.0663. The Balaban J connectivity index is 1.79. The molecule has 0 radical (unpaired) electrons. The molecule has 0 bridgehead atoms. The first-order valence-corrected chi connectivity index (χ1v) is 11.5. The standard InChI is InChI=1S/C20H21ClN4O4S/c1-11-16(17(24-29-11)12-7-5-6-8-14(12)21)19(26)22-18-13-9-30(27,28)10-15(13)23-25(18)20(2,3)4/h5-8H,9-10H2,1-4H3,(H,22,26). The average Bonchev–Trinajstić information content (AvgIpc) is 3.26. The summed E-state index contributed by atoms with van der Waals surface area (Å²) in [6, 6.07) is 7.03. The van der Waals surface area contributed by atoms with Gasteiger partial charge in [-0.2, -0.15) is 5.10 Å². The lowest BCUT2D eigenvalue weighted by atomic mass is 10.1. The molecule has 0 unspecified atom stereocenters. The Hall–Kier alpha value is -2.65. The summed E-state index contributed by atoms with van der Waals surface area (Å²) in [6.07, 6.45) is 0. The zero-order valence-corrected chi connectivity index (χ0v) is 18.6. The van der Waals surface area contributed by atoms with Gasteiger partial charge in [0.05, 0.1) is 27.8 Å². The van der Waals surface area contributed by atoms with Crippen LogP contribution < -0.4 is 5.32 Å². The molecule has 1 N–H and O–H groups in total. The van der Waals surface area contributed by atoms with E-state index >= 15 is 0 Å². The summed E-state index contributed by atoms with van der Waals surface area (Å²) >= 11 is 6.29. The molecule has 0 spiro atoms. The summed E-state index contributed by atoms with van der Waals surface area (Å²) in [4.78, 5) is 13.3. The highest BCUT2D eigenvalue weighted by Crippen LogP contribution is 2.36. The Morgan fingerprint density at radius 2 is 1.93 bits per heavy atom. The SMILES string of the molecule is Cc1onc(-c2ccccc2Cl)c1C(=O)Nc1c2c(nn1C(C)(C)C)CS(=O)(=O)C2. The molecule has 0 saturated carbocycles. The van der Waals surface area contributed by atoms with Crippen LogP contribution in [0.25, 0.3) is 11.3 Å². The number of hydrogen-bond donors (Lipinski definition) is 1. The number of carbonyl (C=O) groups excluding carboxylic acids is 1. The molecule has 0 atom stereocenters. The lowest BCUT2D eigenvalue weighted by Gasteiger charge is -2.23. The largest absolute Gasteiger partial charge is 0.360 e. The van der Waals surface area contributed by atoms with Crippen molar-refractivity contribution in [2.75, 3.05) is 5.32 Å². The smallest absolute Gasteiger partial charge is 0.262 e. The predicted molar refractivity (Wildman–Crippen MR) is 113 cm³/mol. The van der Waals surface area contributed by atoms with Crippen LogP contribution in [0.3, 0.4) is 0 Å². The Bertz CT molecular complexity index is 1270. The van der Waals surface area contributed by atoms with Crippen LogP contribution in [0.15, 0.2) is 28.8 Å². The number of aromatic nitrogens is 3. The van der Waals surface area contributed by atoms with Gasteiger partial charge in [0, 0.05) is 11.1 Å². The topological polar surface area (TPSA) is 107 Å². The van der Waals surface area contributed by atoms with E-state index in [1.165, 1.54) is 0 Å². The molecule has 8 nitrogen and oxygen atoms in total. The minimum absolute atomic E-state index is 0.133. The number of amides is 1. The van der Waals surface area contributed by atoms with Gasteiger partial charge in [0.2, 0.25) is 0 Å². The molecule has 3 aromatic rings. The van der Waals surface area contributed by atoms with Crippen molar-refractivity contribution < 1.29 is 17.7 Å². The van der Waals surface area contributed by atoms with Crippen LogP contribution in [0.5, 0.6) is 0 Å². The normalized spacial score (nSPS) is 15.2. The number of halogens is 1. The van der Waals surface area contributed by atoms with Gasteiger partial charge in [-0.1, -0.05) is 35.0 Å². The molecular formula is C20H21ClN4O4S. The second kappa shape index (κ2) is 6.95. The number of benzene rings is 1. The fraction of sp³-hybridized carbons (Fsp3) is 0.350. The fourth-order valence-electron chi connectivity index (χ4n) is 3.50. The Morgan fingerprint density at radius 3 is 2.60 bits per heavy atom. The van der Waals surface area contributed by atoms with Crippen LogP contribution in [-0.4, -0.2) is 29.3 Å². The van der Waals surface area contributed by atoms with E-state index in [4.69, 9.17) is 16.1 Å². The van der Waals surface area contributed by atoms with Crippen LogP contribution in [0.4, 0.5) is 5.82 Å². The van der Waals surface area contributed by atoms with Gasteiger partial charge in [-0.25, -0.2) is 13.1 Å². The number of fused-ring (bicyclic) bond motifs is 1. The Kier molecular flexibility index (Phi) is 4.78. The quantitative estimate of drug-likeness (QED) is 0.650. The average molecular weight is 449 g/mol. The number of hydrogen-bond acceptors (Lipinski definition) is 6. The van der Waals surface area contributed by atoms with Crippen molar-refractivity contribution in [3.05, 3.63) is 51.9 Å². The van der Waals surface area contributed by atoms with Crippen LogP contribution in [0, 0.1) is 6.92 Å². The van der Waals surface area contributed by atoms with E-state index in [-0.39, 0.29) is 17.1 Å². The number of aryl methyl sites for hydroxylation is 1. The summed E-state index contributed by atoms with van der Waals surface area (Å²) in [7, 11) is -3.28. The summed E-state index contributed by atoms with van der Waals surface area (Å²) < 4.78 is 31.1. The molecule has 30 heavy (non-hydrogen) atoms. The number of carbonyl (C=O) groups is 1. The Morgan fingerprint density at radius 1 is 1.23 bits per heavy atom. The van der Waals surface area contributed by atoms with E-state index in [0.717, 1.165) is 0 Å². The third-order valence-corrected chi connectivity index (χ3v) is 6.65. The molecule has 2 aromatic heterocycles. The van der Waals surface area contributed by atoms with Gasteiger partial charge in [0.15, 0.2) is 9.84 Å². The predicted octanol–water partition coefficient (Wildman–Crippen LogP) is 3.94. The van der Waals surface area contributed by atoms with Crippen molar-refractivity contribution in [2.24, 2.45) is 0 Å². The van der Waals surface area contributed by atoms with Crippen molar-refractivity contribution in [3.63, 3.8) is 0 Å². The zero-order valence-electron chi connectivity index (χ0n) is 17.0. The number of nitrogens with one attached hydrogen (secondary N) is 1. The number of anilines is 1. The molecular weight excluding hydrogens is 428 g/mol. The molecule has 1 aliphatic rings. The van der Waals surface area contributed by atoms with E-state index in [0.29, 0.717) is 39.1 Å². The summed E-state index contributed by atoms with van der Waals surface area (Å²) in [5.41, 5.74) is 1.64. The van der Waals surface area contributed by atoms with Crippen LogP contribution in [-0.2, 0) is 26.9 Å². The van der Waals surface area contributed by atoms with E-state index in [2.05, 4.69) is 15.6 Å². The Labute approximate surface area is 179 Å². The van der Waals surface area contributed by atoms with Gasteiger partial charge >= 0.3 is 0 Å². The molecule has 0 aliphatic carbocycles. The first-order valence-electron chi connectivity index (χ1n) is 9.32. The van der Waals surface area contributed by atoms with Crippen LogP contribution in [0.1, 0.15) is 48.1 Å². The minimum Gasteiger partial charge on any atom is -0.360 e. The minimum atomic E-state index is -3.28. The maximum absolute atomic E-state index is 13.3. The maximum Gasteiger partial charge on any atom is 0.262 e. The fourth-order valence-corrected chi connectivity index (χ4v) is 5.22. The van der Waals surface area contributed by atoms with Gasteiger partial charge in [-0.05, 0) is 33.8 Å². The monoisotopic (exact) mass is 448 g/mol. The molecule has 3 heterocycles. The lowest BCUT2D eigenvalue weighted by molar-refractivity contribution is 0.102. The molecule has 1 aromatic carbocycles. The second-order valence-corrected chi connectivity index (χ2v) is 10.8. The molecule has 158 valence electrons. The van der Waals surface area contributed by atoms with Crippen molar-refractivity contribution in [1.82, 2.24) is 14.9 Å². The summed E-state index contributed by atoms with van der Waals surface area (Å²) in [5, 5.41) is 11.8. The van der Waals surface area contributed by atoms with Gasteiger partial charge in [0.1, 0.15) is 22.8 Å². The molecule has 10 heteroatoms. The van der Waals surface area contributed by atoms with Crippen LogP contribution in [0.2, 0.25) is 5.02 Å². The third kappa shape index (κ3) is 3.52. The van der Waals surface area contributed by atoms with Crippen molar-refractivity contribution >= 4 is 33.2 Å². The maximum atomic E-state index is 13.3. The van der Waals surface area contributed by atoms with E-state index < -0.39 is 21.3 Å². The van der Waals surface area contributed by atoms with Crippen molar-refractivity contribution in [1.29, 1.82) is 0 Å². The second-order valence-electron chi connectivity index (χ2n) is 8.29. The molecule has 1 amide bonds. The van der Waals surface area contributed by atoms with Crippen LogP contribution >= 0.6 is 11.6 Å². The number of rotatable bonds is 3. The summed E-state index contributed by atoms with van der Waals surface area (Å²) in [6.45, 7) is 7.43. The van der Waals surface area contributed by atoms with Crippen molar-refractivity contribution in [3.8, 4) is 11.3 Å². The van der Waals surface area contributed by atoms with Gasteiger partial charge in [-0.15, -0.1) is 0 Å². The molecule has 4 rings (SSSR count). The van der Waals surface area contributed by atoms with Gasteiger partial charge in [0.25, 0.3) is 5.91 Å². The van der Waals surface area contributed by atoms with Crippen molar-refractivity contribution in [2.45, 2.75) is 44.7 Å². The molecule has 0 saturated heterocycles. The van der Waals surface area contributed by atoms with Gasteiger partial charge < -0.3 is 9.84 Å². The lowest BCUT2D eigenvalue weighted by Crippen LogP contribution is -2.28. The zero-order chi connectivity index (χ0) is 21.8. The number of nitrogens with zero attached hydrogens (tertiary/aromatic N) is 3. The number of sulfone groups is 1. The highest BCUT2D eigenvalue weighted by Gasteiger charge is 2.36.